The number of hydrogen-bond donors (Lipinski definition) is 2. The van der Waals surface area contributed by atoms with Crippen LogP contribution in [0.3, 0.4) is 0 Å². The van der Waals surface area contributed by atoms with Gasteiger partial charge < -0.3 is 15.8 Å². The molecule has 3 N–H and O–H groups in total. The zero-order valence-electron chi connectivity index (χ0n) is 10.5. The number of methoxy groups -OCH3 is 1. The fourth-order valence-corrected chi connectivity index (χ4v) is 1.91. The molecule has 0 unspecified atom stereocenters. The molecule has 7 heteroatoms. The van der Waals surface area contributed by atoms with Crippen LogP contribution in [0.15, 0.2) is 24.4 Å². The van der Waals surface area contributed by atoms with Crippen molar-refractivity contribution in [2.45, 2.75) is 0 Å². The summed E-state index contributed by atoms with van der Waals surface area (Å²) >= 11 is 6.11. The molecule has 2 aromatic rings. The molecule has 0 spiro atoms. The standard InChI is InChI=1S/C12H13ClN4O2/c1-17-4-3-10(16-17)15-11-8(12(18)19-2)5-7(14)6-9(11)13/h3-6H,14H2,1-2H3,(H,15,16). The Labute approximate surface area is 115 Å². The normalized spacial score (nSPS) is 10.3. The minimum absolute atomic E-state index is 0.262. The van der Waals surface area contributed by atoms with Gasteiger partial charge in [-0.25, -0.2) is 4.79 Å². The van der Waals surface area contributed by atoms with Crippen molar-refractivity contribution >= 4 is 34.8 Å². The van der Waals surface area contributed by atoms with Gasteiger partial charge in [0.05, 0.1) is 23.4 Å². The molecule has 1 heterocycles. The van der Waals surface area contributed by atoms with E-state index in [0.717, 1.165) is 0 Å². The number of nitrogens with two attached hydrogens (primary N) is 1. The van der Waals surface area contributed by atoms with Gasteiger partial charge in [-0.3, -0.25) is 4.68 Å². The molecule has 0 aliphatic carbocycles. The molecule has 0 atom stereocenters. The summed E-state index contributed by atoms with van der Waals surface area (Å²) in [6, 6.07) is 4.82. The molecule has 100 valence electrons. The Morgan fingerprint density at radius 2 is 2.26 bits per heavy atom. The van der Waals surface area contributed by atoms with Crippen molar-refractivity contribution in [2.24, 2.45) is 7.05 Å². The molecule has 0 aliphatic rings. The number of carbonyl (C=O) groups is 1. The first kappa shape index (κ1) is 13.2. The maximum atomic E-state index is 11.7. The number of nitrogens with zero attached hydrogens (tertiary/aromatic N) is 2. The van der Waals surface area contributed by atoms with E-state index in [-0.39, 0.29) is 5.56 Å². The molecule has 0 fully saturated rings. The first-order valence-corrected chi connectivity index (χ1v) is 5.83. The molecular formula is C12H13ClN4O2. The van der Waals surface area contributed by atoms with Gasteiger partial charge in [-0.1, -0.05) is 11.6 Å². The summed E-state index contributed by atoms with van der Waals surface area (Å²) in [5, 5.41) is 7.47. The zero-order valence-corrected chi connectivity index (χ0v) is 11.2. The first-order chi connectivity index (χ1) is 9.01. The summed E-state index contributed by atoms with van der Waals surface area (Å²) in [5.41, 5.74) is 6.74. The summed E-state index contributed by atoms with van der Waals surface area (Å²) in [6.07, 6.45) is 1.77. The lowest BCUT2D eigenvalue weighted by Crippen LogP contribution is -2.07. The van der Waals surface area contributed by atoms with E-state index in [1.54, 1.807) is 30.1 Å². The van der Waals surface area contributed by atoms with E-state index < -0.39 is 5.97 Å². The van der Waals surface area contributed by atoms with E-state index in [0.29, 0.717) is 22.2 Å². The maximum absolute atomic E-state index is 11.7. The van der Waals surface area contributed by atoms with Crippen LogP contribution in [0.5, 0.6) is 0 Å². The number of halogens is 1. The summed E-state index contributed by atoms with van der Waals surface area (Å²) < 4.78 is 6.34. The number of esters is 1. The van der Waals surface area contributed by atoms with Crippen LogP contribution in [0.4, 0.5) is 17.2 Å². The summed E-state index contributed by atoms with van der Waals surface area (Å²) in [6.45, 7) is 0. The molecule has 1 aromatic carbocycles. The van der Waals surface area contributed by atoms with Crippen LogP contribution < -0.4 is 11.1 Å². The Kier molecular flexibility index (Phi) is 3.62. The lowest BCUT2D eigenvalue weighted by molar-refractivity contribution is 0.0602. The molecule has 1 aromatic heterocycles. The molecule has 19 heavy (non-hydrogen) atoms. The Balaban J connectivity index is 2.45. The third kappa shape index (κ3) is 2.79. The van der Waals surface area contributed by atoms with Crippen LogP contribution in [0.1, 0.15) is 10.4 Å². The number of anilines is 3. The minimum Gasteiger partial charge on any atom is -0.465 e. The van der Waals surface area contributed by atoms with Gasteiger partial charge in [0.1, 0.15) is 0 Å². The molecule has 0 saturated carbocycles. The van der Waals surface area contributed by atoms with Gasteiger partial charge in [-0.15, -0.1) is 0 Å². The highest BCUT2D eigenvalue weighted by Crippen LogP contribution is 2.31. The number of aromatic nitrogens is 2. The van der Waals surface area contributed by atoms with Gasteiger partial charge >= 0.3 is 5.97 Å². The van der Waals surface area contributed by atoms with Gasteiger partial charge in [0.15, 0.2) is 5.82 Å². The number of nitrogens with one attached hydrogen (secondary N) is 1. The number of aryl methyl sites for hydroxylation is 1. The largest absolute Gasteiger partial charge is 0.465 e. The number of nitrogen functional groups attached to an aromatic ring is 1. The highest BCUT2D eigenvalue weighted by molar-refractivity contribution is 6.34. The quantitative estimate of drug-likeness (QED) is 0.665. The number of ether oxygens (including phenoxy) is 1. The molecule has 6 nitrogen and oxygen atoms in total. The predicted molar refractivity (Wildman–Crippen MR) is 73.7 cm³/mol. The Bertz CT molecular complexity index is 624. The van der Waals surface area contributed by atoms with Gasteiger partial charge in [0, 0.05) is 25.0 Å². The Morgan fingerprint density at radius 3 is 2.84 bits per heavy atom. The second-order valence-corrected chi connectivity index (χ2v) is 4.32. The molecule has 0 bridgehead atoms. The topological polar surface area (TPSA) is 82.2 Å². The highest BCUT2D eigenvalue weighted by Gasteiger charge is 2.17. The van der Waals surface area contributed by atoms with Crippen LogP contribution in [0.25, 0.3) is 0 Å². The first-order valence-electron chi connectivity index (χ1n) is 5.45. The Morgan fingerprint density at radius 1 is 1.53 bits per heavy atom. The summed E-state index contributed by atoms with van der Waals surface area (Å²) in [7, 11) is 3.08. The van der Waals surface area contributed by atoms with Crippen molar-refractivity contribution in [1.29, 1.82) is 0 Å². The second-order valence-electron chi connectivity index (χ2n) is 3.92. The minimum atomic E-state index is -0.521. The fraction of sp³-hybridized carbons (Fsp3) is 0.167. The van der Waals surface area contributed by atoms with Crippen LogP contribution >= 0.6 is 11.6 Å². The summed E-state index contributed by atoms with van der Waals surface area (Å²) in [5.74, 6) is 0.0481. The van der Waals surface area contributed by atoms with Crippen LogP contribution in [-0.4, -0.2) is 22.9 Å². The molecule has 0 radical (unpaired) electrons. The molecule has 2 rings (SSSR count). The third-order valence-electron chi connectivity index (χ3n) is 2.48. The average Bonchev–Trinajstić information content (AvgIpc) is 2.77. The van der Waals surface area contributed by atoms with Crippen LogP contribution in [0.2, 0.25) is 5.02 Å². The third-order valence-corrected chi connectivity index (χ3v) is 2.78. The molecule has 0 amide bonds. The monoisotopic (exact) mass is 280 g/mol. The lowest BCUT2D eigenvalue weighted by atomic mass is 10.1. The molecular weight excluding hydrogens is 268 g/mol. The van der Waals surface area contributed by atoms with Crippen molar-refractivity contribution in [3.05, 3.63) is 35.0 Å². The number of rotatable bonds is 3. The van der Waals surface area contributed by atoms with E-state index in [4.69, 9.17) is 22.1 Å². The van der Waals surface area contributed by atoms with E-state index >= 15 is 0 Å². The molecule has 0 saturated heterocycles. The van der Waals surface area contributed by atoms with E-state index in [1.807, 2.05) is 0 Å². The van der Waals surface area contributed by atoms with E-state index in [2.05, 4.69) is 10.4 Å². The maximum Gasteiger partial charge on any atom is 0.340 e. The Hall–Kier alpha value is -2.21. The van der Waals surface area contributed by atoms with Crippen molar-refractivity contribution < 1.29 is 9.53 Å². The van der Waals surface area contributed by atoms with Crippen molar-refractivity contribution in [3.8, 4) is 0 Å². The average molecular weight is 281 g/mol. The van der Waals surface area contributed by atoms with Crippen molar-refractivity contribution in [3.63, 3.8) is 0 Å². The smallest absolute Gasteiger partial charge is 0.340 e. The van der Waals surface area contributed by atoms with Crippen molar-refractivity contribution in [1.82, 2.24) is 9.78 Å². The van der Waals surface area contributed by atoms with Crippen molar-refractivity contribution in [2.75, 3.05) is 18.2 Å². The zero-order chi connectivity index (χ0) is 14.0. The highest BCUT2D eigenvalue weighted by atomic mass is 35.5. The van der Waals surface area contributed by atoms with Gasteiger partial charge in [-0.2, -0.15) is 5.10 Å². The van der Waals surface area contributed by atoms with Crippen LogP contribution in [0, 0.1) is 0 Å². The number of hydrogen-bond acceptors (Lipinski definition) is 5. The number of carbonyl (C=O) groups excluding carboxylic acids is 1. The van der Waals surface area contributed by atoms with Gasteiger partial charge in [0.25, 0.3) is 0 Å². The van der Waals surface area contributed by atoms with E-state index in [1.165, 1.54) is 13.2 Å². The second kappa shape index (κ2) is 5.19. The van der Waals surface area contributed by atoms with Gasteiger partial charge in [-0.05, 0) is 12.1 Å². The summed E-state index contributed by atoms with van der Waals surface area (Å²) in [4.78, 5) is 11.7. The SMILES string of the molecule is COC(=O)c1cc(N)cc(Cl)c1Nc1ccn(C)n1. The van der Waals surface area contributed by atoms with E-state index in [9.17, 15) is 4.79 Å². The van der Waals surface area contributed by atoms with Gasteiger partial charge in [0.2, 0.25) is 0 Å². The fourth-order valence-electron chi connectivity index (χ4n) is 1.64. The predicted octanol–water partition coefficient (Wildman–Crippen LogP) is 2.19. The van der Waals surface area contributed by atoms with Crippen LogP contribution in [-0.2, 0) is 11.8 Å². The molecule has 0 aliphatic heterocycles. The number of benzene rings is 1. The lowest BCUT2D eigenvalue weighted by Gasteiger charge is -2.12.